The van der Waals surface area contributed by atoms with Crippen molar-refractivity contribution in [3.63, 3.8) is 0 Å². The van der Waals surface area contributed by atoms with Crippen molar-refractivity contribution in [1.82, 2.24) is 0 Å². The van der Waals surface area contributed by atoms with Gasteiger partial charge in [0.2, 0.25) is 11.8 Å². The summed E-state index contributed by atoms with van der Waals surface area (Å²) in [4.78, 5) is 39.0. The third kappa shape index (κ3) is 3.72. The molecule has 3 rings (SSSR count). The molecular weight excluding hydrogens is 334 g/mol. The minimum atomic E-state index is -0.368. The van der Waals surface area contributed by atoms with Gasteiger partial charge in [-0.1, -0.05) is 6.92 Å². The van der Waals surface area contributed by atoms with E-state index in [1.54, 1.807) is 24.3 Å². The van der Waals surface area contributed by atoms with Gasteiger partial charge in [0.25, 0.3) is 5.91 Å². The number of carbonyl (C=O) groups is 3. The minimum absolute atomic E-state index is 0.113. The number of benzene rings is 1. The summed E-state index contributed by atoms with van der Waals surface area (Å²) in [5, 5.41) is 0. The molecule has 0 radical (unpaired) electrons. The highest BCUT2D eigenvalue weighted by molar-refractivity contribution is 6.21. The van der Waals surface area contributed by atoms with Crippen LogP contribution < -0.4 is 20.3 Å². The lowest BCUT2D eigenvalue weighted by Gasteiger charge is -2.30. The number of nitrogens with two attached hydrogens (primary N) is 1. The number of likely N-dealkylation sites (tertiary alicyclic amines) is 1. The quantitative estimate of drug-likeness (QED) is 0.692. The largest absolute Gasteiger partial charge is 0.494 e. The van der Waals surface area contributed by atoms with Crippen LogP contribution in [0.5, 0.6) is 5.75 Å². The first-order chi connectivity index (χ1) is 12.5. The molecule has 7 heteroatoms. The van der Waals surface area contributed by atoms with E-state index in [0.717, 1.165) is 17.1 Å². The molecule has 0 spiro atoms. The fourth-order valence-electron chi connectivity index (χ4n) is 3.76. The number of carbonyl (C=O) groups excluding carboxylic acids is 3. The lowest BCUT2D eigenvalue weighted by Crippen LogP contribution is -3.17. The Labute approximate surface area is 153 Å². The standard InChI is InChI=1S/C19H25N3O4/c1-2-11-26-15-5-3-14(4-6-15)22-17(23)12-16(19(22)25)21-9-7-13(8-10-21)18(20)24/h3-6,13,16H,2,7-12H2,1H3,(H2,20,24)/p+1/t16-/m0/s1. The lowest BCUT2D eigenvalue weighted by molar-refractivity contribution is -0.920. The van der Waals surface area contributed by atoms with Gasteiger partial charge in [-0.15, -0.1) is 0 Å². The third-order valence-corrected chi connectivity index (χ3v) is 5.24. The zero-order valence-electron chi connectivity index (χ0n) is 15.1. The molecule has 0 unspecified atom stereocenters. The van der Waals surface area contributed by atoms with Gasteiger partial charge in [-0.25, -0.2) is 4.90 Å². The first-order valence-corrected chi connectivity index (χ1v) is 9.24. The Hall–Kier alpha value is -2.41. The molecule has 140 valence electrons. The first-order valence-electron chi connectivity index (χ1n) is 9.24. The number of imide groups is 1. The molecule has 3 N–H and O–H groups in total. The van der Waals surface area contributed by atoms with E-state index in [2.05, 4.69) is 0 Å². The van der Waals surface area contributed by atoms with Crippen LogP contribution in [0.3, 0.4) is 0 Å². The van der Waals surface area contributed by atoms with Gasteiger partial charge >= 0.3 is 0 Å². The molecule has 7 nitrogen and oxygen atoms in total. The van der Waals surface area contributed by atoms with E-state index in [-0.39, 0.29) is 36.1 Å². The molecule has 3 amide bonds. The molecule has 0 saturated carbocycles. The Bertz CT molecular complexity index is 681. The van der Waals surface area contributed by atoms with E-state index < -0.39 is 0 Å². The van der Waals surface area contributed by atoms with Crippen LogP contribution in [0.15, 0.2) is 24.3 Å². The predicted octanol–water partition coefficient (Wildman–Crippen LogP) is -0.112. The van der Waals surface area contributed by atoms with Gasteiger partial charge in [0.15, 0.2) is 6.04 Å². The summed E-state index contributed by atoms with van der Waals surface area (Å²) in [6, 6.07) is 6.69. The van der Waals surface area contributed by atoms with Crippen molar-refractivity contribution in [3.05, 3.63) is 24.3 Å². The second kappa shape index (κ2) is 7.86. The number of hydrogen-bond donors (Lipinski definition) is 2. The van der Waals surface area contributed by atoms with Gasteiger partial charge in [0.05, 0.1) is 31.8 Å². The number of ether oxygens (including phenoxy) is 1. The summed E-state index contributed by atoms with van der Waals surface area (Å²) < 4.78 is 5.54. The molecule has 1 aromatic carbocycles. The van der Waals surface area contributed by atoms with E-state index in [9.17, 15) is 14.4 Å². The number of hydrogen-bond acceptors (Lipinski definition) is 4. The summed E-state index contributed by atoms with van der Waals surface area (Å²) in [6.07, 6.45) is 2.48. The Morgan fingerprint density at radius 2 is 1.88 bits per heavy atom. The molecular formula is C19H26N3O4+. The van der Waals surface area contributed by atoms with Crippen molar-refractivity contribution in [2.24, 2.45) is 11.7 Å². The topological polar surface area (TPSA) is 94.1 Å². The lowest BCUT2D eigenvalue weighted by atomic mass is 9.95. The van der Waals surface area contributed by atoms with Gasteiger partial charge in [-0.2, -0.15) is 0 Å². The highest BCUT2D eigenvalue weighted by Gasteiger charge is 2.46. The Morgan fingerprint density at radius 3 is 2.46 bits per heavy atom. The summed E-state index contributed by atoms with van der Waals surface area (Å²) in [7, 11) is 0. The van der Waals surface area contributed by atoms with Crippen molar-refractivity contribution in [1.29, 1.82) is 0 Å². The smallest absolute Gasteiger partial charge is 0.292 e. The number of quaternary nitrogens is 1. The maximum atomic E-state index is 12.8. The van der Waals surface area contributed by atoms with E-state index >= 15 is 0 Å². The van der Waals surface area contributed by atoms with Crippen molar-refractivity contribution in [2.75, 3.05) is 24.6 Å². The van der Waals surface area contributed by atoms with Crippen molar-refractivity contribution >= 4 is 23.4 Å². The Morgan fingerprint density at radius 1 is 1.23 bits per heavy atom. The monoisotopic (exact) mass is 360 g/mol. The average molecular weight is 360 g/mol. The minimum Gasteiger partial charge on any atom is -0.494 e. The number of rotatable bonds is 6. The maximum Gasteiger partial charge on any atom is 0.292 e. The van der Waals surface area contributed by atoms with Crippen LogP contribution in [0, 0.1) is 5.92 Å². The Kier molecular flexibility index (Phi) is 5.56. The molecule has 26 heavy (non-hydrogen) atoms. The van der Waals surface area contributed by atoms with Gasteiger partial charge in [0.1, 0.15) is 5.75 Å². The molecule has 1 atom stereocenters. The average Bonchev–Trinajstić information content (AvgIpc) is 2.95. The zero-order valence-corrected chi connectivity index (χ0v) is 15.1. The molecule has 2 saturated heterocycles. The zero-order chi connectivity index (χ0) is 18.7. The molecule has 1 aromatic rings. The van der Waals surface area contributed by atoms with Crippen LogP contribution in [-0.4, -0.2) is 43.5 Å². The van der Waals surface area contributed by atoms with Crippen LogP contribution in [0.4, 0.5) is 5.69 Å². The molecule has 0 aromatic heterocycles. The van der Waals surface area contributed by atoms with Gasteiger partial charge < -0.3 is 15.4 Å². The van der Waals surface area contributed by atoms with E-state index in [4.69, 9.17) is 10.5 Å². The fourth-order valence-corrected chi connectivity index (χ4v) is 3.76. The van der Waals surface area contributed by atoms with Crippen LogP contribution in [-0.2, 0) is 14.4 Å². The van der Waals surface area contributed by atoms with Gasteiger partial charge in [-0.3, -0.25) is 14.4 Å². The van der Waals surface area contributed by atoms with Crippen LogP contribution in [0.1, 0.15) is 32.6 Å². The van der Waals surface area contributed by atoms with Gasteiger partial charge in [0, 0.05) is 18.8 Å². The number of primary amides is 1. The SMILES string of the molecule is CCCOc1ccc(N2C(=O)C[C@H]([NH+]3CCC(C(N)=O)CC3)C2=O)cc1. The Balaban J connectivity index is 1.66. The van der Waals surface area contributed by atoms with E-state index in [0.29, 0.717) is 38.2 Å². The first kappa shape index (κ1) is 18.4. The summed E-state index contributed by atoms with van der Waals surface area (Å²) in [5.74, 6) is 0.00417. The molecule has 2 aliphatic heterocycles. The normalized spacial score (nSPS) is 26.2. The summed E-state index contributed by atoms with van der Waals surface area (Å²) in [6.45, 7) is 4.04. The highest BCUT2D eigenvalue weighted by Crippen LogP contribution is 2.25. The molecule has 2 heterocycles. The number of nitrogens with one attached hydrogen (secondary N) is 1. The third-order valence-electron chi connectivity index (χ3n) is 5.24. The molecule has 0 aliphatic carbocycles. The number of anilines is 1. The van der Waals surface area contributed by atoms with Crippen molar-refractivity contribution in [3.8, 4) is 5.75 Å². The van der Waals surface area contributed by atoms with Crippen LogP contribution >= 0.6 is 0 Å². The number of amides is 3. The predicted molar refractivity (Wildman–Crippen MR) is 95.7 cm³/mol. The van der Waals surface area contributed by atoms with Gasteiger partial charge in [-0.05, 0) is 30.7 Å². The second-order valence-corrected chi connectivity index (χ2v) is 7.00. The highest BCUT2D eigenvalue weighted by atomic mass is 16.5. The molecule has 2 aliphatic rings. The van der Waals surface area contributed by atoms with Crippen LogP contribution in [0.2, 0.25) is 0 Å². The summed E-state index contributed by atoms with van der Waals surface area (Å²) in [5.41, 5.74) is 5.95. The molecule has 2 fully saturated rings. The van der Waals surface area contributed by atoms with Crippen molar-refractivity contribution in [2.45, 2.75) is 38.6 Å². The van der Waals surface area contributed by atoms with Crippen LogP contribution in [0.25, 0.3) is 0 Å². The fraction of sp³-hybridized carbons (Fsp3) is 0.526. The van der Waals surface area contributed by atoms with Crippen molar-refractivity contribution < 1.29 is 24.0 Å². The van der Waals surface area contributed by atoms with E-state index in [1.165, 1.54) is 4.90 Å². The second-order valence-electron chi connectivity index (χ2n) is 7.00. The summed E-state index contributed by atoms with van der Waals surface area (Å²) >= 11 is 0. The number of nitrogens with zero attached hydrogens (tertiary/aromatic N) is 1. The maximum absolute atomic E-state index is 12.8. The molecule has 0 bridgehead atoms. The number of piperidine rings is 1. The van der Waals surface area contributed by atoms with E-state index in [1.807, 2.05) is 6.92 Å².